The maximum absolute atomic E-state index is 11.8. The van der Waals surface area contributed by atoms with Crippen molar-refractivity contribution in [1.82, 2.24) is 15.1 Å². The number of amides is 1. The largest absolute Gasteiger partial charge is 0.390 e. The van der Waals surface area contributed by atoms with E-state index in [4.69, 9.17) is 5.73 Å². The molecule has 0 bridgehead atoms. The van der Waals surface area contributed by atoms with Gasteiger partial charge in [-0.2, -0.15) is 18.3 Å². The summed E-state index contributed by atoms with van der Waals surface area (Å²) in [4.78, 5) is 11.4. The zero-order valence-electron chi connectivity index (χ0n) is 8.51. The molecule has 0 aromatic carbocycles. The second kappa shape index (κ2) is 4.42. The number of nitrogens with one attached hydrogen (secondary N) is 1. The molecule has 0 unspecified atom stereocenters. The molecule has 1 aromatic rings. The second-order valence-electron chi connectivity index (χ2n) is 3.19. The summed E-state index contributed by atoms with van der Waals surface area (Å²) >= 11 is 0. The SMILES string of the molecule is Cn1ncc(C(=O)NCCC(F)(F)F)c1N. The van der Waals surface area contributed by atoms with Gasteiger partial charge in [0.2, 0.25) is 0 Å². The summed E-state index contributed by atoms with van der Waals surface area (Å²) in [6, 6.07) is 0. The number of carbonyl (C=O) groups excluding carboxylic acids is 1. The van der Waals surface area contributed by atoms with E-state index in [0.29, 0.717) is 0 Å². The molecule has 90 valence electrons. The predicted molar refractivity (Wildman–Crippen MR) is 50.6 cm³/mol. The fourth-order valence-electron chi connectivity index (χ4n) is 1.03. The Morgan fingerprint density at radius 1 is 1.62 bits per heavy atom. The smallest absolute Gasteiger partial charge is 0.383 e. The summed E-state index contributed by atoms with van der Waals surface area (Å²) in [5.41, 5.74) is 5.55. The van der Waals surface area contributed by atoms with Crippen LogP contribution in [0.1, 0.15) is 16.8 Å². The van der Waals surface area contributed by atoms with Gasteiger partial charge in [0.25, 0.3) is 5.91 Å². The zero-order valence-corrected chi connectivity index (χ0v) is 8.51. The molecule has 1 rings (SSSR count). The Kier molecular flexibility index (Phi) is 3.41. The van der Waals surface area contributed by atoms with Crippen molar-refractivity contribution in [1.29, 1.82) is 0 Å². The lowest BCUT2D eigenvalue weighted by molar-refractivity contribution is -0.132. The molecule has 0 saturated carbocycles. The molecule has 1 heterocycles. The van der Waals surface area contributed by atoms with Crippen LogP contribution >= 0.6 is 0 Å². The molecule has 0 radical (unpaired) electrons. The minimum atomic E-state index is -4.28. The first-order valence-electron chi connectivity index (χ1n) is 4.43. The summed E-state index contributed by atoms with van der Waals surface area (Å²) in [6.07, 6.45) is -4.15. The first kappa shape index (κ1) is 12.3. The van der Waals surface area contributed by atoms with Crippen molar-refractivity contribution in [2.75, 3.05) is 12.3 Å². The number of carbonyl (C=O) groups is 1. The second-order valence-corrected chi connectivity index (χ2v) is 3.19. The number of hydrogen-bond acceptors (Lipinski definition) is 3. The Labute approximate surface area is 89.4 Å². The summed E-state index contributed by atoms with van der Waals surface area (Å²) in [7, 11) is 1.53. The highest BCUT2D eigenvalue weighted by Gasteiger charge is 2.26. The molecular formula is C8H11F3N4O. The fraction of sp³-hybridized carbons (Fsp3) is 0.500. The van der Waals surface area contributed by atoms with E-state index in [-0.39, 0.29) is 11.4 Å². The van der Waals surface area contributed by atoms with Gasteiger partial charge < -0.3 is 11.1 Å². The standard InChI is InChI=1S/C8H11F3N4O/c1-15-6(12)5(4-14-15)7(16)13-3-2-8(9,10)11/h4H,2-3,12H2,1H3,(H,13,16). The molecule has 0 aliphatic rings. The maximum Gasteiger partial charge on any atom is 0.390 e. The topological polar surface area (TPSA) is 72.9 Å². The highest BCUT2D eigenvalue weighted by molar-refractivity contribution is 5.98. The van der Waals surface area contributed by atoms with E-state index in [1.807, 2.05) is 0 Å². The van der Waals surface area contributed by atoms with E-state index < -0.39 is 25.0 Å². The monoisotopic (exact) mass is 236 g/mol. The number of hydrogen-bond donors (Lipinski definition) is 2. The van der Waals surface area contributed by atoms with Crippen LogP contribution in [0.5, 0.6) is 0 Å². The third-order valence-electron chi connectivity index (χ3n) is 1.92. The van der Waals surface area contributed by atoms with Gasteiger partial charge in [-0.3, -0.25) is 9.48 Å². The van der Waals surface area contributed by atoms with Crippen LogP contribution in [-0.4, -0.2) is 28.4 Å². The molecule has 1 amide bonds. The van der Waals surface area contributed by atoms with E-state index in [0.717, 1.165) is 0 Å². The van der Waals surface area contributed by atoms with Gasteiger partial charge in [-0.05, 0) is 0 Å². The van der Waals surface area contributed by atoms with Crippen LogP contribution in [0, 0.1) is 0 Å². The number of aromatic nitrogens is 2. The van der Waals surface area contributed by atoms with Gasteiger partial charge >= 0.3 is 6.18 Å². The zero-order chi connectivity index (χ0) is 12.3. The third-order valence-corrected chi connectivity index (χ3v) is 1.92. The van der Waals surface area contributed by atoms with Gasteiger partial charge in [0.15, 0.2) is 0 Å². The van der Waals surface area contributed by atoms with Crippen molar-refractivity contribution in [2.45, 2.75) is 12.6 Å². The fourth-order valence-corrected chi connectivity index (χ4v) is 1.03. The molecular weight excluding hydrogens is 225 g/mol. The molecule has 16 heavy (non-hydrogen) atoms. The molecule has 0 atom stereocenters. The number of aryl methyl sites for hydroxylation is 1. The third kappa shape index (κ3) is 3.14. The van der Waals surface area contributed by atoms with Crippen molar-refractivity contribution >= 4 is 11.7 Å². The van der Waals surface area contributed by atoms with E-state index in [1.165, 1.54) is 17.9 Å². The Morgan fingerprint density at radius 2 is 2.25 bits per heavy atom. The Bertz CT molecular complexity index is 385. The van der Waals surface area contributed by atoms with E-state index in [2.05, 4.69) is 10.4 Å². The van der Waals surface area contributed by atoms with Crippen LogP contribution in [0.3, 0.4) is 0 Å². The summed E-state index contributed by atoms with van der Waals surface area (Å²) in [5, 5.41) is 5.82. The number of nitrogen functional groups attached to an aromatic ring is 1. The average molecular weight is 236 g/mol. The molecule has 0 spiro atoms. The predicted octanol–water partition coefficient (Wildman–Crippen LogP) is 0.685. The van der Waals surface area contributed by atoms with E-state index in [9.17, 15) is 18.0 Å². The summed E-state index contributed by atoms with van der Waals surface area (Å²) in [6.45, 7) is -0.476. The molecule has 0 fully saturated rings. The highest BCUT2D eigenvalue weighted by Crippen LogP contribution is 2.18. The van der Waals surface area contributed by atoms with Crippen LogP contribution in [-0.2, 0) is 7.05 Å². The first-order valence-corrected chi connectivity index (χ1v) is 4.43. The molecule has 0 aliphatic carbocycles. The number of nitrogens with two attached hydrogens (primary N) is 1. The summed E-state index contributed by atoms with van der Waals surface area (Å²) in [5.74, 6) is -0.542. The summed E-state index contributed by atoms with van der Waals surface area (Å²) < 4.78 is 36.7. The van der Waals surface area contributed by atoms with Gasteiger partial charge in [-0.15, -0.1) is 0 Å². The van der Waals surface area contributed by atoms with Crippen LogP contribution in [0.15, 0.2) is 6.20 Å². The van der Waals surface area contributed by atoms with Crippen LogP contribution in [0.4, 0.5) is 19.0 Å². The van der Waals surface area contributed by atoms with Crippen LogP contribution in [0.25, 0.3) is 0 Å². The van der Waals surface area contributed by atoms with Gasteiger partial charge in [0, 0.05) is 13.6 Å². The Hall–Kier alpha value is -1.73. The quantitative estimate of drug-likeness (QED) is 0.810. The van der Waals surface area contributed by atoms with Gasteiger partial charge in [0.05, 0.1) is 12.6 Å². The normalized spacial score (nSPS) is 11.5. The van der Waals surface area contributed by atoms with Crippen molar-refractivity contribution in [3.05, 3.63) is 11.8 Å². The minimum Gasteiger partial charge on any atom is -0.383 e. The Morgan fingerprint density at radius 3 is 2.69 bits per heavy atom. The number of anilines is 1. The lowest BCUT2D eigenvalue weighted by Crippen LogP contribution is -2.28. The highest BCUT2D eigenvalue weighted by atomic mass is 19.4. The maximum atomic E-state index is 11.8. The lowest BCUT2D eigenvalue weighted by Gasteiger charge is -2.07. The van der Waals surface area contributed by atoms with E-state index >= 15 is 0 Å². The van der Waals surface area contributed by atoms with Gasteiger partial charge in [0.1, 0.15) is 11.4 Å². The molecule has 0 aliphatic heterocycles. The molecule has 8 heteroatoms. The van der Waals surface area contributed by atoms with Crippen LogP contribution < -0.4 is 11.1 Å². The van der Waals surface area contributed by atoms with Gasteiger partial charge in [-0.25, -0.2) is 0 Å². The van der Waals surface area contributed by atoms with E-state index in [1.54, 1.807) is 0 Å². The van der Waals surface area contributed by atoms with Crippen LogP contribution in [0.2, 0.25) is 0 Å². The minimum absolute atomic E-state index is 0.0738. The molecule has 5 nitrogen and oxygen atoms in total. The molecule has 1 aromatic heterocycles. The number of halogens is 3. The number of rotatable bonds is 3. The van der Waals surface area contributed by atoms with Crippen molar-refractivity contribution in [3.63, 3.8) is 0 Å². The average Bonchev–Trinajstić information content (AvgIpc) is 2.45. The number of alkyl halides is 3. The number of nitrogens with zero attached hydrogens (tertiary/aromatic N) is 2. The van der Waals surface area contributed by atoms with Crippen molar-refractivity contribution in [3.8, 4) is 0 Å². The Balaban J connectivity index is 2.51. The molecule has 3 N–H and O–H groups in total. The van der Waals surface area contributed by atoms with Crippen molar-refractivity contribution in [2.24, 2.45) is 7.05 Å². The van der Waals surface area contributed by atoms with Gasteiger partial charge in [-0.1, -0.05) is 0 Å². The molecule has 0 saturated heterocycles. The lowest BCUT2D eigenvalue weighted by atomic mass is 10.3. The first-order chi connectivity index (χ1) is 7.31. The van der Waals surface area contributed by atoms with Crippen molar-refractivity contribution < 1.29 is 18.0 Å².